The maximum Gasteiger partial charge on any atom is 0.109 e. The van der Waals surface area contributed by atoms with Crippen LogP contribution in [0, 0.1) is 5.92 Å². The summed E-state index contributed by atoms with van der Waals surface area (Å²) in [6.07, 6.45) is 1.64. The molecule has 1 fully saturated rings. The molecule has 0 radical (unpaired) electrons. The van der Waals surface area contributed by atoms with Crippen LogP contribution in [-0.4, -0.2) is 24.9 Å². The van der Waals surface area contributed by atoms with Gasteiger partial charge in [0, 0.05) is 11.8 Å². The van der Waals surface area contributed by atoms with Crippen LogP contribution in [0.5, 0.6) is 0 Å². The molecular formula is C9H12O3. The van der Waals surface area contributed by atoms with E-state index in [1.807, 2.05) is 12.1 Å². The lowest BCUT2D eigenvalue weighted by molar-refractivity contribution is -0.0559. The molecule has 0 aliphatic carbocycles. The number of hydrogen-bond acceptors (Lipinski definition) is 3. The van der Waals surface area contributed by atoms with Crippen molar-refractivity contribution in [3.8, 4) is 0 Å². The molecule has 3 nitrogen and oxygen atoms in total. The monoisotopic (exact) mass is 168 g/mol. The third-order valence-corrected chi connectivity index (χ3v) is 2.34. The molecule has 0 saturated carbocycles. The molecule has 1 atom stereocenters. The normalized spacial score (nSPS) is 20.4. The van der Waals surface area contributed by atoms with E-state index in [1.165, 1.54) is 0 Å². The Hall–Kier alpha value is -0.800. The van der Waals surface area contributed by atoms with Crippen molar-refractivity contribution in [3.05, 3.63) is 24.2 Å². The second-order valence-corrected chi connectivity index (χ2v) is 3.10. The molecule has 12 heavy (non-hydrogen) atoms. The van der Waals surface area contributed by atoms with Crippen LogP contribution in [0.1, 0.15) is 11.7 Å². The van der Waals surface area contributed by atoms with Crippen molar-refractivity contribution < 1.29 is 14.3 Å². The van der Waals surface area contributed by atoms with Crippen LogP contribution in [0.3, 0.4) is 0 Å². The lowest BCUT2D eigenvalue weighted by Gasteiger charge is -2.31. The number of aliphatic hydroxyl groups is 1. The quantitative estimate of drug-likeness (QED) is 0.732. The molecule has 2 heterocycles. The number of ether oxygens (including phenoxy) is 1. The van der Waals surface area contributed by atoms with Crippen LogP contribution >= 0.6 is 0 Å². The Bertz CT molecular complexity index is 226. The van der Waals surface area contributed by atoms with Gasteiger partial charge in [-0.1, -0.05) is 0 Å². The van der Waals surface area contributed by atoms with Gasteiger partial charge in [-0.25, -0.2) is 0 Å². The minimum Gasteiger partial charge on any atom is -0.469 e. The molecule has 3 heteroatoms. The molecule has 0 bridgehead atoms. The predicted octanol–water partition coefficient (Wildman–Crippen LogP) is 1.00. The molecule has 0 amide bonds. The second-order valence-electron chi connectivity index (χ2n) is 3.10. The first-order valence-electron chi connectivity index (χ1n) is 4.14. The molecule has 1 aliphatic rings. The first-order chi connectivity index (χ1) is 5.92. The molecule has 1 aliphatic heterocycles. The average molecular weight is 168 g/mol. The van der Waals surface area contributed by atoms with Gasteiger partial charge >= 0.3 is 0 Å². The van der Waals surface area contributed by atoms with Gasteiger partial charge in [0.25, 0.3) is 0 Å². The first kappa shape index (κ1) is 7.83. The van der Waals surface area contributed by atoms with E-state index in [1.54, 1.807) is 6.26 Å². The summed E-state index contributed by atoms with van der Waals surface area (Å²) in [5, 5.41) is 9.12. The Labute approximate surface area is 71.0 Å². The molecule has 2 rings (SSSR count). The van der Waals surface area contributed by atoms with Gasteiger partial charge < -0.3 is 14.3 Å². The smallest absolute Gasteiger partial charge is 0.109 e. The SMILES string of the molecule is OCC(c1ccco1)C1COC1. The van der Waals surface area contributed by atoms with E-state index in [0.717, 1.165) is 19.0 Å². The fourth-order valence-electron chi connectivity index (χ4n) is 1.46. The highest BCUT2D eigenvalue weighted by Gasteiger charge is 2.30. The Morgan fingerprint density at radius 2 is 2.42 bits per heavy atom. The Balaban J connectivity index is 2.07. The molecule has 1 aromatic rings. The number of hydrogen-bond donors (Lipinski definition) is 1. The highest BCUT2D eigenvalue weighted by molar-refractivity contribution is 5.08. The third-order valence-electron chi connectivity index (χ3n) is 2.34. The van der Waals surface area contributed by atoms with Gasteiger partial charge in [0.15, 0.2) is 0 Å². The summed E-state index contributed by atoms with van der Waals surface area (Å²) in [4.78, 5) is 0. The summed E-state index contributed by atoms with van der Waals surface area (Å²) < 4.78 is 10.3. The summed E-state index contributed by atoms with van der Waals surface area (Å²) >= 11 is 0. The fraction of sp³-hybridized carbons (Fsp3) is 0.556. The molecule has 1 N–H and O–H groups in total. The van der Waals surface area contributed by atoms with Crippen LogP contribution in [-0.2, 0) is 4.74 Å². The topological polar surface area (TPSA) is 42.6 Å². The zero-order valence-corrected chi connectivity index (χ0v) is 6.77. The van der Waals surface area contributed by atoms with Crippen molar-refractivity contribution in [2.75, 3.05) is 19.8 Å². The highest BCUT2D eigenvalue weighted by atomic mass is 16.5. The van der Waals surface area contributed by atoms with Gasteiger partial charge in [-0.15, -0.1) is 0 Å². The molecule has 1 saturated heterocycles. The van der Waals surface area contributed by atoms with E-state index in [2.05, 4.69) is 0 Å². The van der Waals surface area contributed by atoms with Crippen LogP contribution in [0.25, 0.3) is 0 Å². The summed E-state index contributed by atoms with van der Waals surface area (Å²) in [6.45, 7) is 1.62. The lowest BCUT2D eigenvalue weighted by Crippen LogP contribution is -2.34. The van der Waals surface area contributed by atoms with Crippen LogP contribution in [0.2, 0.25) is 0 Å². The number of rotatable bonds is 3. The van der Waals surface area contributed by atoms with Crippen molar-refractivity contribution in [1.29, 1.82) is 0 Å². The molecule has 1 aromatic heterocycles. The summed E-state index contributed by atoms with van der Waals surface area (Å²) in [5.41, 5.74) is 0. The van der Waals surface area contributed by atoms with E-state index < -0.39 is 0 Å². The van der Waals surface area contributed by atoms with Crippen LogP contribution < -0.4 is 0 Å². The number of furan rings is 1. The average Bonchev–Trinajstić information content (AvgIpc) is 2.47. The van der Waals surface area contributed by atoms with Crippen LogP contribution in [0.15, 0.2) is 22.8 Å². The van der Waals surface area contributed by atoms with Gasteiger partial charge in [0.1, 0.15) is 5.76 Å². The molecule has 0 spiro atoms. The standard InChI is InChI=1S/C9H12O3/c10-4-8(7-5-11-6-7)9-2-1-3-12-9/h1-3,7-8,10H,4-6H2. The summed E-state index contributed by atoms with van der Waals surface area (Å²) in [7, 11) is 0. The van der Waals surface area contributed by atoms with Crippen LogP contribution in [0.4, 0.5) is 0 Å². The van der Waals surface area contributed by atoms with Crippen molar-refractivity contribution in [3.63, 3.8) is 0 Å². The van der Waals surface area contributed by atoms with Gasteiger partial charge in [0.05, 0.1) is 26.1 Å². The van der Waals surface area contributed by atoms with Gasteiger partial charge in [-0.2, -0.15) is 0 Å². The molecule has 1 unspecified atom stereocenters. The fourth-order valence-corrected chi connectivity index (χ4v) is 1.46. The zero-order chi connectivity index (χ0) is 8.39. The minimum absolute atomic E-state index is 0.119. The predicted molar refractivity (Wildman–Crippen MR) is 42.8 cm³/mol. The van der Waals surface area contributed by atoms with E-state index in [0.29, 0.717) is 5.92 Å². The van der Waals surface area contributed by atoms with E-state index in [4.69, 9.17) is 14.3 Å². The van der Waals surface area contributed by atoms with E-state index in [-0.39, 0.29) is 12.5 Å². The zero-order valence-electron chi connectivity index (χ0n) is 6.77. The molecule has 66 valence electrons. The Morgan fingerprint density at radius 3 is 2.83 bits per heavy atom. The maximum atomic E-state index is 9.12. The second kappa shape index (κ2) is 3.29. The van der Waals surface area contributed by atoms with Crippen molar-refractivity contribution in [2.45, 2.75) is 5.92 Å². The highest BCUT2D eigenvalue weighted by Crippen LogP contribution is 2.29. The van der Waals surface area contributed by atoms with Gasteiger partial charge in [-0.3, -0.25) is 0 Å². The minimum atomic E-state index is 0.119. The summed E-state index contributed by atoms with van der Waals surface area (Å²) in [5.74, 6) is 1.42. The summed E-state index contributed by atoms with van der Waals surface area (Å²) in [6, 6.07) is 3.75. The Kier molecular flexibility index (Phi) is 2.15. The first-order valence-corrected chi connectivity index (χ1v) is 4.14. The van der Waals surface area contributed by atoms with E-state index in [9.17, 15) is 0 Å². The van der Waals surface area contributed by atoms with Crippen molar-refractivity contribution in [2.24, 2.45) is 5.92 Å². The number of aliphatic hydroxyl groups excluding tert-OH is 1. The van der Waals surface area contributed by atoms with E-state index >= 15 is 0 Å². The largest absolute Gasteiger partial charge is 0.469 e. The van der Waals surface area contributed by atoms with Crippen molar-refractivity contribution in [1.82, 2.24) is 0 Å². The maximum absolute atomic E-state index is 9.12. The van der Waals surface area contributed by atoms with Gasteiger partial charge in [-0.05, 0) is 12.1 Å². The molecule has 0 aromatic carbocycles. The molecular weight excluding hydrogens is 156 g/mol. The van der Waals surface area contributed by atoms with Crippen molar-refractivity contribution >= 4 is 0 Å². The third kappa shape index (κ3) is 1.26. The van der Waals surface area contributed by atoms with Gasteiger partial charge in [0.2, 0.25) is 0 Å². The lowest BCUT2D eigenvalue weighted by atomic mass is 9.89. The Morgan fingerprint density at radius 1 is 1.58 bits per heavy atom.